The van der Waals surface area contributed by atoms with Crippen LogP contribution in [0.15, 0.2) is 35.3 Å². The molecule has 2 rings (SSSR count). The van der Waals surface area contributed by atoms with E-state index in [9.17, 15) is 8.42 Å². The molecular weight excluding hydrogens is 465 g/mol. The minimum atomic E-state index is -3.07. The van der Waals surface area contributed by atoms with Gasteiger partial charge >= 0.3 is 0 Å². The largest absolute Gasteiger partial charge is 0.486 e. The van der Waals surface area contributed by atoms with Crippen LogP contribution in [0.3, 0.4) is 0 Å². The van der Waals surface area contributed by atoms with Crippen molar-refractivity contribution in [2.24, 2.45) is 4.99 Å². The lowest BCUT2D eigenvalue weighted by Gasteiger charge is -2.39. The zero-order valence-corrected chi connectivity index (χ0v) is 19.3. The molecule has 0 atom stereocenters. The van der Waals surface area contributed by atoms with E-state index in [1.165, 1.54) is 0 Å². The molecule has 0 saturated carbocycles. The van der Waals surface area contributed by atoms with E-state index >= 15 is 0 Å². The molecule has 1 fully saturated rings. The first-order valence-corrected chi connectivity index (χ1v) is 10.1. The Bertz CT molecular complexity index is 718. The van der Waals surface area contributed by atoms with Gasteiger partial charge in [0.15, 0.2) is 15.8 Å². The van der Waals surface area contributed by atoms with Crippen molar-refractivity contribution in [3.05, 3.63) is 30.3 Å². The number of nitrogens with zero attached hydrogens (tertiary/aromatic N) is 2. The van der Waals surface area contributed by atoms with Crippen molar-refractivity contribution in [2.75, 3.05) is 32.4 Å². The van der Waals surface area contributed by atoms with Gasteiger partial charge < -0.3 is 15.0 Å². The number of nitrogens with one attached hydrogen (secondary N) is 1. The van der Waals surface area contributed by atoms with Gasteiger partial charge in [0.1, 0.15) is 11.4 Å². The van der Waals surface area contributed by atoms with Crippen molar-refractivity contribution in [3.63, 3.8) is 0 Å². The Labute approximate surface area is 174 Å². The van der Waals surface area contributed by atoms with Crippen LogP contribution in [-0.4, -0.2) is 62.1 Å². The molecule has 1 heterocycles. The highest BCUT2D eigenvalue weighted by Gasteiger charge is 2.41. The smallest absolute Gasteiger partial charge is 0.193 e. The van der Waals surface area contributed by atoms with Crippen LogP contribution in [0, 0.1) is 0 Å². The normalized spacial score (nSPS) is 19.4. The summed E-state index contributed by atoms with van der Waals surface area (Å²) in [5, 5.41) is 3.32. The van der Waals surface area contributed by atoms with Crippen molar-refractivity contribution in [1.29, 1.82) is 0 Å². The number of guanidine groups is 1. The van der Waals surface area contributed by atoms with Gasteiger partial charge in [0.25, 0.3) is 0 Å². The van der Waals surface area contributed by atoms with Crippen LogP contribution < -0.4 is 10.1 Å². The van der Waals surface area contributed by atoms with E-state index in [4.69, 9.17) is 4.74 Å². The van der Waals surface area contributed by atoms with Gasteiger partial charge in [-0.2, -0.15) is 0 Å². The zero-order chi connectivity index (χ0) is 18.7. The number of halogens is 1. The van der Waals surface area contributed by atoms with Crippen LogP contribution in [0.1, 0.15) is 27.7 Å². The van der Waals surface area contributed by atoms with Crippen LogP contribution in [0.4, 0.5) is 0 Å². The van der Waals surface area contributed by atoms with Crippen LogP contribution >= 0.6 is 24.0 Å². The molecule has 148 valence electrons. The van der Waals surface area contributed by atoms with Crippen LogP contribution in [0.2, 0.25) is 0 Å². The van der Waals surface area contributed by atoms with E-state index in [0.717, 1.165) is 5.75 Å². The number of ether oxygens (including phenoxy) is 1. The molecule has 0 amide bonds. The quantitative estimate of drug-likeness (QED) is 0.395. The minimum Gasteiger partial charge on any atom is -0.486 e. The molecule has 8 heteroatoms. The second kappa shape index (κ2) is 8.77. The van der Waals surface area contributed by atoms with E-state index in [1.54, 1.807) is 20.9 Å². The number of hydrogen-bond donors (Lipinski definition) is 1. The molecule has 26 heavy (non-hydrogen) atoms. The van der Waals surface area contributed by atoms with Gasteiger partial charge in [-0.25, -0.2) is 8.42 Å². The molecular formula is C18H30IN3O3S. The highest BCUT2D eigenvalue weighted by atomic mass is 127. The van der Waals surface area contributed by atoms with Gasteiger partial charge in [0, 0.05) is 20.1 Å². The van der Waals surface area contributed by atoms with Crippen molar-refractivity contribution >= 4 is 39.8 Å². The summed E-state index contributed by atoms with van der Waals surface area (Å²) in [6, 6.07) is 9.68. The highest BCUT2D eigenvalue weighted by molar-refractivity contribution is 14.0. The molecule has 1 N–H and O–H groups in total. The fourth-order valence-electron chi connectivity index (χ4n) is 2.79. The predicted molar refractivity (Wildman–Crippen MR) is 117 cm³/mol. The van der Waals surface area contributed by atoms with E-state index in [1.807, 2.05) is 49.1 Å². The van der Waals surface area contributed by atoms with Crippen molar-refractivity contribution in [1.82, 2.24) is 10.2 Å². The lowest BCUT2D eigenvalue weighted by molar-refractivity contribution is 0.112. The summed E-state index contributed by atoms with van der Waals surface area (Å²) in [4.78, 5) is 6.32. The van der Waals surface area contributed by atoms with Crippen LogP contribution in [0.5, 0.6) is 5.75 Å². The Hall–Kier alpha value is -1.03. The Kier molecular flexibility index (Phi) is 7.76. The Morgan fingerprint density at radius 1 is 1.31 bits per heavy atom. The second-order valence-electron chi connectivity index (χ2n) is 7.58. The molecule has 1 aromatic rings. The molecule has 0 bridgehead atoms. The van der Waals surface area contributed by atoms with Gasteiger partial charge in [-0.1, -0.05) is 18.2 Å². The number of rotatable bonds is 4. The first-order valence-electron chi connectivity index (χ1n) is 8.48. The van der Waals surface area contributed by atoms with Crippen LogP contribution in [-0.2, 0) is 9.84 Å². The van der Waals surface area contributed by atoms with Crippen molar-refractivity contribution in [2.45, 2.75) is 38.0 Å². The average Bonchev–Trinajstić information content (AvgIpc) is 2.52. The summed E-state index contributed by atoms with van der Waals surface area (Å²) in [6.45, 7) is 8.98. The number of para-hydroxylation sites is 1. The molecule has 0 aromatic heterocycles. The third kappa shape index (κ3) is 5.73. The van der Waals surface area contributed by atoms with Gasteiger partial charge in [0.05, 0.1) is 17.0 Å². The topological polar surface area (TPSA) is 71.0 Å². The van der Waals surface area contributed by atoms with Gasteiger partial charge in [-0.3, -0.25) is 4.99 Å². The SMILES string of the molecule is CN=C(NCC(C)(C)Oc1ccccc1)N1CCS(=O)(=O)C(C)(C)C1.I. The molecule has 0 aliphatic carbocycles. The standard InChI is InChI=1S/C18H29N3O3S.HI/c1-17(2,24-15-9-7-6-8-10-15)13-20-16(19-5)21-11-12-25(22,23)18(3,4)14-21;/h6-10H,11-14H2,1-5H3,(H,19,20);1H. The maximum absolute atomic E-state index is 12.2. The fraction of sp³-hybridized carbons (Fsp3) is 0.611. The van der Waals surface area contributed by atoms with Crippen LogP contribution in [0.25, 0.3) is 0 Å². The molecule has 1 aromatic carbocycles. The highest BCUT2D eigenvalue weighted by Crippen LogP contribution is 2.24. The molecule has 1 saturated heterocycles. The second-order valence-corrected chi connectivity index (χ2v) is 10.3. The third-order valence-corrected chi connectivity index (χ3v) is 6.90. The zero-order valence-electron chi connectivity index (χ0n) is 16.2. The van der Waals surface area contributed by atoms with E-state index < -0.39 is 20.2 Å². The van der Waals surface area contributed by atoms with E-state index in [2.05, 4.69) is 10.3 Å². The fourth-order valence-corrected chi connectivity index (χ4v) is 4.16. The monoisotopic (exact) mass is 495 g/mol. The number of benzene rings is 1. The summed E-state index contributed by atoms with van der Waals surface area (Å²) in [6.07, 6.45) is 0. The summed E-state index contributed by atoms with van der Waals surface area (Å²) >= 11 is 0. The average molecular weight is 495 g/mol. The van der Waals surface area contributed by atoms with E-state index in [0.29, 0.717) is 25.6 Å². The van der Waals surface area contributed by atoms with Gasteiger partial charge in [0.2, 0.25) is 0 Å². The summed E-state index contributed by atoms with van der Waals surface area (Å²) in [7, 11) is -1.36. The number of hydrogen-bond acceptors (Lipinski definition) is 4. The maximum Gasteiger partial charge on any atom is 0.193 e. The molecule has 0 spiro atoms. The molecule has 0 radical (unpaired) electrons. The van der Waals surface area contributed by atoms with Crippen molar-refractivity contribution < 1.29 is 13.2 Å². The number of sulfone groups is 1. The molecule has 1 aliphatic heterocycles. The van der Waals surface area contributed by atoms with Gasteiger partial charge in [-0.15, -0.1) is 24.0 Å². The van der Waals surface area contributed by atoms with Gasteiger partial charge in [-0.05, 0) is 39.8 Å². The first kappa shape index (κ1) is 23.0. The lowest BCUT2D eigenvalue weighted by atomic mass is 10.1. The molecule has 6 nitrogen and oxygen atoms in total. The Morgan fingerprint density at radius 3 is 2.46 bits per heavy atom. The Balaban J connectivity index is 0.00000338. The predicted octanol–water partition coefficient (Wildman–Crippen LogP) is 2.55. The molecule has 0 unspecified atom stereocenters. The summed E-state index contributed by atoms with van der Waals surface area (Å²) in [5.41, 5.74) is -0.436. The minimum absolute atomic E-state index is 0. The third-order valence-electron chi connectivity index (χ3n) is 4.36. The molecule has 1 aliphatic rings. The summed E-state index contributed by atoms with van der Waals surface area (Å²) < 4.78 is 29.6. The first-order chi connectivity index (χ1) is 11.6. The Morgan fingerprint density at radius 2 is 1.92 bits per heavy atom. The summed E-state index contributed by atoms with van der Waals surface area (Å²) in [5.74, 6) is 1.66. The lowest BCUT2D eigenvalue weighted by Crippen LogP contribution is -2.58. The maximum atomic E-state index is 12.2. The van der Waals surface area contributed by atoms with E-state index in [-0.39, 0.29) is 29.7 Å². The van der Waals surface area contributed by atoms with Crippen molar-refractivity contribution in [3.8, 4) is 5.75 Å². The number of aliphatic imine (C=N–C) groups is 1.